The van der Waals surface area contributed by atoms with Crippen molar-refractivity contribution in [2.24, 2.45) is 5.92 Å². The summed E-state index contributed by atoms with van der Waals surface area (Å²) in [6.07, 6.45) is 2.35. The number of esters is 1. The molecule has 0 aromatic heterocycles. The standard InChI is InChI=1S/C18H29NO2/c1-13(2)10-15-6-8-16(9-7-15)11-17(19-14(3)4)12-18(20)21-5/h6-9,13-14,17,19H,10-12H2,1-5H3. The minimum Gasteiger partial charge on any atom is -0.469 e. The third kappa shape index (κ3) is 7.28. The topological polar surface area (TPSA) is 38.3 Å². The lowest BCUT2D eigenvalue weighted by molar-refractivity contribution is -0.141. The summed E-state index contributed by atoms with van der Waals surface area (Å²) in [6, 6.07) is 9.20. The zero-order valence-corrected chi connectivity index (χ0v) is 14.0. The van der Waals surface area contributed by atoms with Crippen LogP contribution in [0.25, 0.3) is 0 Å². The van der Waals surface area contributed by atoms with Gasteiger partial charge in [-0.05, 0) is 29.9 Å². The van der Waals surface area contributed by atoms with Crippen molar-refractivity contribution >= 4 is 5.97 Å². The first kappa shape index (κ1) is 17.7. The van der Waals surface area contributed by atoms with E-state index in [0.717, 1.165) is 12.8 Å². The Morgan fingerprint density at radius 1 is 1.05 bits per heavy atom. The van der Waals surface area contributed by atoms with E-state index >= 15 is 0 Å². The van der Waals surface area contributed by atoms with Crippen LogP contribution < -0.4 is 5.32 Å². The Morgan fingerprint density at radius 2 is 1.57 bits per heavy atom. The van der Waals surface area contributed by atoms with Crippen LogP contribution in [0.1, 0.15) is 45.2 Å². The zero-order chi connectivity index (χ0) is 15.8. The maximum absolute atomic E-state index is 11.5. The van der Waals surface area contributed by atoms with Crippen molar-refractivity contribution in [1.29, 1.82) is 0 Å². The van der Waals surface area contributed by atoms with E-state index in [-0.39, 0.29) is 12.0 Å². The number of benzene rings is 1. The molecule has 0 fully saturated rings. The Hall–Kier alpha value is -1.35. The van der Waals surface area contributed by atoms with Crippen LogP contribution in [0.2, 0.25) is 0 Å². The lowest BCUT2D eigenvalue weighted by atomic mass is 9.98. The molecule has 1 aromatic carbocycles. The number of hydrogen-bond donors (Lipinski definition) is 1. The normalized spacial score (nSPS) is 12.7. The van der Waals surface area contributed by atoms with Gasteiger partial charge in [-0.3, -0.25) is 4.79 Å². The average molecular weight is 291 g/mol. The summed E-state index contributed by atoms with van der Waals surface area (Å²) < 4.78 is 4.78. The molecule has 0 radical (unpaired) electrons. The van der Waals surface area contributed by atoms with Crippen LogP contribution in [-0.4, -0.2) is 25.2 Å². The minimum absolute atomic E-state index is 0.119. The third-order valence-corrected chi connectivity index (χ3v) is 3.36. The van der Waals surface area contributed by atoms with E-state index in [9.17, 15) is 4.79 Å². The summed E-state index contributed by atoms with van der Waals surface area (Å²) in [7, 11) is 1.44. The number of carbonyl (C=O) groups is 1. The smallest absolute Gasteiger partial charge is 0.307 e. The molecule has 21 heavy (non-hydrogen) atoms. The van der Waals surface area contributed by atoms with E-state index in [1.54, 1.807) is 0 Å². The second kappa shape index (κ2) is 8.83. The molecule has 1 N–H and O–H groups in total. The van der Waals surface area contributed by atoms with E-state index in [1.165, 1.54) is 18.2 Å². The lowest BCUT2D eigenvalue weighted by Crippen LogP contribution is -2.38. The molecule has 0 saturated heterocycles. The largest absolute Gasteiger partial charge is 0.469 e. The predicted molar refractivity (Wildman–Crippen MR) is 87.4 cm³/mol. The number of hydrogen-bond acceptors (Lipinski definition) is 3. The third-order valence-electron chi connectivity index (χ3n) is 3.36. The second-order valence-corrected chi connectivity index (χ2v) is 6.42. The fraction of sp³-hybridized carbons (Fsp3) is 0.611. The molecule has 0 aliphatic heterocycles. The van der Waals surface area contributed by atoms with Gasteiger partial charge >= 0.3 is 5.97 Å². The molecule has 1 unspecified atom stereocenters. The van der Waals surface area contributed by atoms with Gasteiger partial charge in [0, 0.05) is 12.1 Å². The molecule has 1 atom stereocenters. The van der Waals surface area contributed by atoms with Crippen LogP contribution in [-0.2, 0) is 22.4 Å². The zero-order valence-electron chi connectivity index (χ0n) is 14.0. The van der Waals surface area contributed by atoms with Crippen LogP contribution in [0, 0.1) is 5.92 Å². The maximum atomic E-state index is 11.5. The average Bonchev–Trinajstić information content (AvgIpc) is 2.39. The number of rotatable bonds is 8. The van der Waals surface area contributed by atoms with Gasteiger partial charge in [-0.25, -0.2) is 0 Å². The molecule has 0 aliphatic carbocycles. The maximum Gasteiger partial charge on any atom is 0.307 e. The molecule has 118 valence electrons. The van der Waals surface area contributed by atoms with Gasteiger partial charge in [-0.1, -0.05) is 52.0 Å². The number of methoxy groups -OCH3 is 1. The summed E-state index contributed by atoms with van der Waals surface area (Å²) in [6.45, 7) is 8.64. The van der Waals surface area contributed by atoms with E-state index in [1.807, 2.05) is 0 Å². The lowest BCUT2D eigenvalue weighted by Gasteiger charge is -2.20. The van der Waals surface area contributed by atoms with Crippen LogP contribution >= 0.6 is 0 Å². The first-order chi connectivity index (χ1) is 9.90. The molecule has 0 bridgehead atoms. The highest BCUT2D eigenvalue weighted by molar-refractivity contribution is 5.70. The van der Waals surface area contributed by atoms with Gasteiger partial charge in [-0.15, -0.1) is 0 Å². The van der Waals surface area contributed by atoms with Crippen molar-refractivity contribution in [3.8, 4) is 0 Å². The van der Waals surface area contributed by atoms with Crippen molar-refractivity contribution in [2.75, 3.05) is 7.11 Å². The molecule has 0 aliphatic rings. The van der Waals surface area contributed by atoms with Crippen molar-refractivity contribution in [2.45, 2.75) is 59.0 Å². The van der Waals surface area contributed by atoms with Crippen molar-refractivity contribution < 1.29 is 9.53 Å². The Morgan fingerprint density at radius 3 is 2.00 bits per heavy atom. The summed E-state index contributed by atoms with van der Waals surface area (Å²) in [5.41, 5.74) is 2.62. The second-order valence-electron chi connectivity index (χ2n) is 6.42. The molecule has 1 rings (SSSR count). The van der Waals surface area contributed by atoms with E-state index in [0.29, 0.717) is 18.4 Å². The number of ether oxygens (including phenoxy) is 1. The van der Waals surface area contributed by atoms with E-state index in [4.69, 9.17) is 4.74 Å². The number of carbonyl (C=O) groups excluding carboxylic acids is 1. The summed E-state index contributed by atoms with van der Waals surface area (Å²) in [5, 5.41) is 3.44. The fourth-order valence-electron chi connectivity index (χ4n) is 2.51. The Kier molecular flexibility index (Phi) is 7.44. The fourth-order valence-corrected chi connectivity index (χ4v) is 2.51. The van der Waals surface area contributed by atoms with Gasteiger partial charge in [0.15, 0.2) is 0 Å². The van der Waals surface area contributed by atoms with E-state index in [2.05, 4.69) is 57.3 Å². The first-order valence-electron chi connectivity index (χ1n) is 7.81. The highest BCUT2D eigenvalue weighted by atomic mass is 16.5. The molecular weight excluding hydrogens is 262 g/mol. The molecule has 3 nitrogen and oxygen atoms in total. The Bertz CT molecular complexity index is 423. The van der Waals surface area contributed by atoms with Gasteiger partial charge in [0.05, 0.1) is 13.5 Å². The van der Waals surface area contributed by atoms with Crippen molar-refractivity contribution in [3.05, 3.63) is 35.4 Å². The minimum atomic E-state index is -0.162. The Balaban J connectivity index is 2.66. The van der Waals surface area contributed by atoms with Crippen LogP contribution in [0.4, 0.5) is 0 Å². The van der Waals surface area contributed by atoms with Gasteiger partial charge in [0.1, 0.15) is 0 Å². The first-order valence-corrected chi connectivity index (χ1v) is 7.81. The SMILES string of the molecule is COC(=O)CC(Cc1ccc(CC(C)C)cc1)NC(C)C. The van der Waals surface area contributed by atoms with Gasteiger partial charge in [0.25, 0.3) is 0 Å². The Labute approximate surface area is 129 Å². The summed E-state index contributed by atoms with van der Waals surface area (Å²) in [5.74, 6) is 0.509. The molecule has 0 saturated carbocycles. The van der Waals surface area contributed by atoms with Gasteiger partial charge in [-0.2, -0.15) is 0 Å². The van der Waals surface area contributed by atoms with E-state index < -0.39 is 0 Å². The van der Waals surface area contributed by atoms with Crippen LogP contribution in [0.15, 0.2) is 24.3 Å². The van der Waals surface area contributed by atoms with Crippen molar-refractivity contribution in [1.82, 2.24) is 5.32 Å². The van der Waals surface area contributed by atoms with Crippen LogP contribution in [0.5, 0.6) is 0 Å². The molecule has 1 aromatic rings. The highest BCUT2D eigenvalue weighted by Gasteiger charge is 2.15. The molecule has 3 heteroatoms. The van der Waals surface area contributed by atoms with Crippen LogP contribution in [0.3, 0.4) is 0 Å². The van der Waals surface area contributed by atoms with Gasteiger partial charge < -0.3 is 10.1 Å². The predicted octanol–water partition coefficient (Wildman–Crippen LogP) is 3.36. The molecular formula is C18H29NO2. The molecule has 0 amide bonds. The quantitative estimate of drug-likeness (QED) is 0.746. The number of nitrogens with one attached hydrogen (secondary N) is 1. The van der Waals surface area contributed by atoms with Gasteiger partial charge in [0.2, 0.25) is 0 Å². The summed E-state index contributed by atoms with van der Waals surface area (Å²) in [4.78, 5) is 11.5. The summed E-state index contributed by atoms with van der Waals surface area (Å²) >= 11 is 0. The monoisotopic (exact) mass is 291 g/mol. The highest BCUT2D eigenvalue weighted by Crippen LogP contribution is 2.12. The molecule has 0 spiro atoms. The van der Waals surface area contributed by atoms with Crippen molar-refractivity contribution in [3.63, 3.8) is 0 Å². The molecule has 0 heterocycles.